The van der Waals surface area contributed by atoms with Gasteiger partial charge in [-0.2, -0.15) is 5.10 Å². The summed E-state index contributed by atoms with van der Waals surface area (Å²) in [7, 11) is 0. The van der Waals surface area contributed by atoms with Crippen LogP contribution in [0.5, 0.6) is 0 Å². The Morgan fingerprint density at radius 1 is 1.33 bits per heavy atom. The molecule has 3 N–H and O–H groups in total. The Balaban J connectivity index is 2.08. The van der Waals surface area contributed by atoms with E-state index >= 15 is 0 Å². The van der Waals surface area contributed by atoms with E-state index in [1.54, 1.807) is 17.0 Å². The summed E-state index contributed by atoms with van der Waals surface area (Å²) in [6, 6.07) is 5.92. The van der Waals surface area contributed by atoms with Crippen LogP contribution in [0, 0.1) is 6.92 Å². The van der Waals surface area contributed by atoms with E-state index in [9.17, 15) is 4.79 Å². The van der Waals surface area contributed by atoms with E-state index in [4.69, 9.17) is 10.3 Å². The van der Waals surface area contributed by atoms with Crippen LogP contribution >= 0.6 is 0 Å². The van der Waals surface area contributed by atoms with Gasteiger partial charge in [0.15, 0.2) is 0 Å². The molecule has 7 nitrogen and oxygen atoms in total. The highest BCUT2D eigenvalue weighted by atomic mass is 16.5. The van der Waals surface area contributed by atoms with Crippen molar-refractivity contribution in [2.45, 2.75) is 19.9 Å². The summed E-state index contributed by atoms with van der Waals surface area (Å²) in [6.45, 7) is 2.98. The number of nitrogens with two attached hydrogens (primary N) is 1. The number of rotatable bonds is 4. The molecule has 0 amide bonds. The predicted molar refractivity (Wildman–Crippen MR) is 91.8 cm³/mol. The molecule has 0 unspecified atom stereocenters. The largest absolute Gasteiger partial charge is 0.364 e. The molecule has 0 spiro atoms. The van der Waals surface area contributed by atoms with Crippen LogP contribution in [0.4, 0.5) is 0 Å². The van der Waals surface area contributed by atoms with Crippen molar-refractivity contribution in [1.82, 2.24) is 19.9 Å². The third-order valence-electron chi connectivity index (χ3n) is 4.30. The monoisotopic (exact) mass is 323 g/mol. The quantitative estimate of drug-likeness (QED) is 0.599. The van der Waals surface area contributed by atoms with Gasteiger partial charge in [0.05, 0.1) is 17.1 Å². The normalized spacial score (nSPS) is 11.6. The zero-order valence-electron chi connectivity index (χ0n) is 13.2. The summed E-state index contributed by atoms with van der Waals surface area (Å²) in [5.41, 5.74) is 9.77. The van der Waals surface area contributed by atoms with Gasteiger partial charge in [0.2, 0.25) is 0 Å². The molecule has 0 fully saturated rings. The number of nitrogens with one attached hydrogen (secondary N) is 1. The van der Waals surface area contributed by atoms with E-state index in [0.29, 0.717) is 24.0 Å². The number of aryl methyl sites for hydroxylation is 2. The number of pyridine rings is 1. The van der Waals surface area contributed by atoms with Crippen LogP contribution < -0.4 is 11.3 Å². The van der Waals surface area contributed by atoms with Gasteiger partial charge in [-0.1, -0.05) is 11.2 Å². The Hall–Kier alpha value is -2.93. The molecule has 0 radical (unpaired) electrons. The Morgan fingerprint density at radius 2 is 2.21 bits per heavy atom. The minimum Gasteiger partial charge on any atom is -0.364 e. The van der Waals surface area contributed by atoms with Gasteiger partial charge in [-0.3, -0.25) is 9.89 Å². The minimum absolute atomic E-state index is 0.0325. The van der Waals surface area contributed by atoms with Gasteiger partial charge in [-0.25, -0.2) is 0 Å². The lowest BCUT2D eigenvalue weighted by Crippen LogP contribution is -2.22. The number of benzene rings is 1. The van der Waals surface area contributed by atoms with Crippen molar-refractivity contribution in [2.75, 3.05) is 6.54 Å². The Kier molecular flexibility index (Phi) is 3.42. The molecular formula is C17H17N5O2. The van der Waals surface area contributed by atoms with Crippen molar-refractivity contribution in [3.63, 3.8) is 0 Å². The average molecular weight is 323 g/mol. The number of nitrogens with zero attached hydrogens (tertiary/aromatic N) is 3. The summed E-state index contributed by atoms with van der Waals surface area (Å²) in [5.74, 6) is 0. The number of fused-ring (bicyclic) bond motifs is 3. The fourth-order valence-electron chi connectivity index (χ4n) is 3.09. The standard InChI is InChI=1S/C17H17N5O2/c1-10-15-16(21-20-10)13-7-11(12-8-19-24-9-12)3-4-14(13)22(17(15)23)6-2-5-18/h3-4,7-9H,2,5-6,18H2,1H3,(H,20,21). The van der Waals surface area contributed by atoms with Crippen LogP contribution in [0.25, 0.3) is 32.9 Å². The molecule has 0 aliphatic carbocycles. The number of hydrogen-bond acceptors (Lipinski definition) is 5. The molecule has 7 heteroatoms. The maximum Gasteiger partial charge on any atom is 0.262 e. The second-order valence-corrected chi connectivity index (χ2v) is 5.82. The molecule has 0 saturated carbocycles. The summed E-state index contributed by atoms with van der Waals surface area (Å²) < 4.78 is 6.71. The van der Waals surface area contributed by atoms with E-state index < -0.39 is 0 Å². The van der Waals surface area contributed by atoms with Crippen LogP contribution in [0.2, 0.25) is 0 Å². The van der Waals surface area contributed by atoms with Gasteiger partial charge < -0.3 is 14.8 Å². The van der Waals surface area contributed by atoms with Gasteiger partial charge in [-0.05, 0) is 37.6 Å². The van der Waals surface area contributed by atoms with E-state index in [1.807, 2.05) is 25.1 Å². The number of H-pyrrole nitrogens is 1. The van der Waals surface area contributed by atoms with Gasteiger partial charge in [0.1, 0.15) is 11.8 Å². The smallest absolute Gasteiger partial charge is 0.262 e. The topological polar surface area (TPSA) is 103 Å². The van der Waals surface area contributed by atoms with E-state index in [1.165, 1.54) is 0 Å². The van der Waals surface area contributed by atoms with Crippen molar-refractivity contribution < 1.29 is 4.52 Å². The summed E-state index contributed by atoms with van der Waals surface area (Å²) in [6.07, 6.45) is 4.00. The second-order valence-electron chi connectivity index (χ2n) is 5.82. The van der Waals surface area contributed by atoms with Gasteiger partial charge in [0, 0.05) is 23.2 Å². The Bertz CT molecular complexity index is 1080. The molecule has 3 heterocycles. The molecule has 24 heavy (non-hydrogen) atoms. The minimum atomic E-state index is -0.0325. The molecule has 0 bridgehead atoms. The molecule has 0 atom stereocenters. The maximum absolute atomic E-state index is 12.9. The number of aromatic nitrogens is 4. The van der Waals surface area contributed by atoms with Gasteiger partial charge in [0.25, 0.3) is 5.56 Å². The molecule has 0 aliphatic heterocycles. The molecule has 122 valence electrons. The molecule has 3 aromatic heterocycles. The molecule has 1 aromatic carbocycles. The highest BCUT2D eigenvalue weighted by molar-refractivity contribution is 6.05. The third kappa shape index (κ3) is 2.13. The van der Waals surface area contributed by atoms with E-state index in [-0.39, 0.29) is 5.56 Å². The highest BCUT2D eigenvalue weighted by Gasteiger charge is 2.16. The zero-order valence-corrected chi connectivity index (χ0v) is 13.2. The van der Waals surface area contributed by atoms with E-state index in [0.717, 1.165) is 34.1 Å². The fourth-order valence-corrected chi connectivity index (χ4v) is 3.09. The highest BCUT2D eigenvalue weighted by Crippen LogP contribution is 2.28. The van der Waals surface area contributed by atoms with Crippen molar-refractivity contribution in [3.05, 3.63) is 46.7 Å². The van der Waals surface area contributed by atoms with Crippen molar-refractivity contribution >= 4 is 21.8 Å². The van der Waals surface area contributed by atoms with Crippen LogP contribution in [-0.2, 0) is 6.54 Å². The molecule has 4 aromatic rings. The Labute approximate surface area is 137 Å². The third-order valence-corrected chi connectivity index (χ3v) is 4.30. The van der Waals surface area contributed by atoms with Crippen LogP contribution in [0.1, 0.15) is 12.1 Å². The van der Waals surface area contributed by atoms with E-state index in [2.05, 4.69) is 15.4 Å². The zero-order chi connectivity index (χ0) is 16.7. The molecular weight excluding hydrogens is 306 g/mol. The van der Waals surface area contributed by atoms with Crippen molar-refractivity contribution in [1.29, 1.82) is 0 Å². The SMILES string of the molecule is Cc1[nH]nc2c1c(=O)n(CCCN)c1ccc(-c3cnoc3)cc21. The summed E-state index contributed by atoms with van der Waals surface area (Å²) >= 11 is 0. The maximum atomic E-state index is 12.9. The van der Waals surface area contributed by atoms with Gasteiger partial charge in [-0.15, -0.1) is 0 Å². The second kappa shape index (κ2) is 5.61. The summed E-state index contributed by atoms with van der Waals surface area (Å²) in [5, 5.41) is 12.6. The first-order chi connectivity index (χ1) is 11.7. The summed E-state index contributed by atoms with van der Waals surface area (Å²) in [4.78, 5) is 12.9. The lowest BCUT2D eigenvalue weighted by atomic mass is 10.0. The first-order valence-electron chi connectivity index (χ1n) is 7.81. The van der Waals surface area contributed by atoms with Crippen LogP contribution in [0.15, 0.2) is 40.0 Å². The average Bonchev–Trinajstić information content (AvgIpc) is 3.24. The van der Waals surface area contributed by atoms with Crippen LogP contribution in [-0.4, -0.2) is 26.5 Å². The van der Waals surface area contributed by atoms with Gasteiger partial charge >= 0.3 is 0 Å². The van der Waals surface area contributed by atoms with Crippen molar-refractivity contribution in [2.24, 2.45) is 5.73 Å². The molecule has 0 saturated heterocycles. The lowest BCUT2D eigenvalue weighted by molar-refractivity contribution is 0.420. The Morgan fingerprint density at radius 3 is 2.96 bits per heavy atom. The van der Waals surface area contributed by atoms with Crippen molar-refractivity contribution in [3.8, 4) is 11.1 Å². The van der Waals surface area contributed by atoms with Crippen LogP contribution in [0.3, 0.4) is 0 Å². The first-order valence-corrected chi connectivity index (χ1v) is 7.81. The predicted octanol–water partition coefficient (Wildman–Crippen LogP) is 2.19. The number of aromatic amines is 1. The fraction of sp³-hybridized carbons (Fsp3) is 0.235. The molecule has 4 rings (SSSR count). The number of hydrogen-bond donors (Lipinski definition) is 2. The lowest BCUT2D eigenvalue weighted by Gasteiger charge is -2.11. The first kappa shape index (κ1) is 14.6. The molecule has 0 aliphatic rings.